The van der Waals surface area contributed by atoms with Crippen molar-refractivity contribution < 1.29 is 29.6 Å². The fourth-order valence-electron chi connectivity index (χ4n) is 12.8. The van der Waals surface area contributed by atoms with Crippen molar-refractivity contribution in [3.63, 3.8) is 0 Å². The first-order chi connectivity index (χ1) is 19.2. The molecule has 0 amide bonds. The van der Waals surface area contributed by atoms with Gasteiger partial charge in [0.25, 0.3) is 0 Å². The summed E-state index contributed by atoms with van der Waals surface area (Å²) >= 11 is 0. The lowest BCUT2D eigenvalue weighted by atomic mass is 9.41. The summed E-state index contributed by atoms with van der Waals surface area (Å²) in [5.41, 5.74) is 4.37. The molecule has 0 aromatic carbocycles. The Kier molecular flexibility index (Phi) is 7.91. The van der Waals surface area contributed by atoms with Crippen LogP contribution in [-0.4, -0.2) is 62.9 Å². The molecule has 5 saturated carbocycles. The summed E-state index contributed by atoms with van der Waals surface area (Å²) in [4.78, 5) is 12.9. The SMILES string of the molecule is CC(C)[C@H](N)C(=O)O[C@H]1CC[C@]23C[C@]24CC[C@]2(C)[C@@H]([C@@]5(C)CC[C@@H](C(C)(C)O)O5)[C@@H](O)C[C@@]2(C)C4C[C@H](O)[C@H]3C1(C)C.Cl. The largest absolute Gasteiger partial charge is 0.461 e. The van der Waals surface area contributed by atoms with Crippen LogP contribution in [0.1, 0.15) is 120 Å². The highest BCUT2D eigenvalue weighted by molar-refractivity contribution is 5.85. The molecule has 248 valence electrons. The molecule has 0 radical (unpaired) electrons. The molecule has 5 N–H and O–H groups in total. The molecule has 6 fully saturated rings. The van der Waals surface area contributed by atoms with E-state index in [1.165, 1.54) is 0 Å². The number of ether oxygens (including phenoxy) is 2. The molecular weight excluding hydrogens is 566 g/mol. The third-order valence-corrected chi connectivity index (χ3v) is 15.0. The first-order valence-electron chi connectivity index (χ1n) is 16.9. The van der Waals surface area contributed by atoms with Gasteiger partial charge in [0.05, 0.1) is 29.5 Å². The molecule has 5 aliphatic carbocycles. The van der Waals surface area contributed by atoms with E-state index in [0.29, 0.717) is 5.92 Å². The second kappa shape index (κ2) is 10.0. The third-order valence-electron chi connectivity index (χ3n) is 15.0. The lowest BCUT2D eigenvalue weighted by Crippen LogP contribution is -2.62. The quantitative estimate of drug-likeness (QED) is 0.302. The Hall–Kier alpha value is -0.440. The number of halogens is 1. The summed E-state index contributed by atoms with van der Waals surface area (Å²) in [7, 11) is 0. The van der Waals surface area contributed by atoms with Gasteiger partial charge in [-0.2, -0.15) is 0 Å². The van der Waals surface area contributed by atoms with Crippen molar-refractivity contribution >= 4 is 18.4 Å². The fourth-order valence-corrected chi connectivity index (χ4v) is 12.8. The first kappa shape index (κ1) is 33.9. The monoisotopic (exact) mass is 625 g/mol. The Morgan fingerprint density at radius 3 is 2.16 bits per heavy atom. The van der Waals surface area contributed by atoms with Crippen molar-refractivity contribution in [2.75, 3.05) is 0 Å². The summed E-state index contributed by atoms with van der Waals surface area (Å²) in [5, 5.41) is 34.7. The molecule has 1 aliphatic heterocycles. The molecule has 2 spiro atoms. The minimum absolute atomic E-state index is 0. The molecule has 0 aromatic rings. The normalized spacial score (nSPS) is 52.3. The van der Waals surface area contributed by atoms with Gasteiger partial charge in [-0.3, -0.25) is 4.79 Å². The zero-order valence-corrected chi connectivity index (χ0v) is 28.9. The van der Waals surface area contributed by atoms with Crippen molar-refractivity contribution in [1.29, 1.82) is 0 Å². The summed E-state index contributed by atoms with van der Waals surface area (Å²) in [5.74, 6) is 0.0783. The van der Waals surface area contributed by atoms with E-state index in [9.17, 15) is 20.1 Å². The van der Waals surface area contributed by atoms with E-state index in [1.807, 2.05) is 27.7 Å². The predicted molar refractivity (Wildman–Crippen MR) is 168 cm³/mol. The Morgan fingerprint density at radius 1 is 0.930 bits per heavy atom. The molecule has 43 heavy (non-hydrogen) atoms. The smallest absolute Gasteiger partial charge is 0.323 e. The number of hydrogen-bond donors (Lipinski definition) is 4. The van der Waals surface area contributed by atoms with Gasteiger partial charge in [0.1, 0.15) is 12.1 Å². The number of aliphatic hydroxyl groups excluding tert-OH is 2. The third kappa shape index (κ3) is 4.33. The highest BCUT2D eigenvalue weighted by Crippen LogP contribution is 2.89. The van der Waals surface area contributed by atoms with E-state index in [0.717, 1.165) is 57.8 Å². The number of rotatable bonds is 5. The average molecular weight is 626 g/mol. The minimum atomic E-state index is -0.912. The molecule has 1 heterocycles. The van der Waals surface area contributed by atoms with E-state index in [-0.39, 0.29) is 75.4 Å². The van der Waals surface area contributed by atoms with Gasteiger partial charge in [0, 0.05) is 11.3 Å². The maximum absolute atomic E-state index is 12.9. The molecule has 7 nitrogen and oxygen atoms in total. The lowest BCUT2D eigenvalue weighted by molar-refractivity contribution is -0.218. The Labute approximate surface area is 265 Å². The van der Waals surface area contributed by atoms with Crippen LogP contribution in [0.4, 0.5) is 0 Å². The van der Waals surface area contributed by atoms with Crippen LogP contribution >= 0.6 is 12.4 Å². The molecule has 6 rings (SSSR count). The molecule has 1 saturated heterocycles. The van der Waals surface area contributed by atoms with Crippen LogP contribution in [0, 0.1) is 50.7 Å². The van der Waals surface area contributed by atoms with E-state index >= 15 is 0 Å². The van der Waals surface area contributed by atoms with Crippen molar-refractivity contribution in [3.8, 4) is 0 Å². The number of aliphatic hydroxyl groups is 3. The number of nitrogens with two attached hydrogens (primary N) is 1. The Bertz CT molecular complexity index is 1120. The van der Waals surface area contributed by atoms with Gasteiger partial charge in [-0.1, -0.05) is 41.5 Å². The van der Waals surface area contributed by atoms with Gasteiger partial charge in [-0.25, -0.2) is 0 Å². The molecule has 0 aromatic heterocycles. The number of fused-ring (bicyclic) bond motifs is 2. The zero-order chi connectivity index (χ0) is 31.1. The van der Waals surface area contributed by atoms with Crippen LogP contribution in [0.2, 0.25) is 0 Å². The van der Waals surface area contributed by atoms with Crippen molar-refractivity contribution in [3.05, 3.63) is 0 Å². The summed E-state index contributed by atoms with van der Waals surface area (Å²) in [6, 6.07) is -0.633. The summed E-state index contributed by atoms with van der Waals surface area (Å²) < 4.78 is 12.8. The van der Waals surface area contributed by atoms with Gasteiger partial charge in [-0.15, -0.1) is 12.4 Å². The van der Waals surface area contributed by atoms with Gasteiger partial charge in [0.2, 0.25) is 0 Å². The molecule has 6 aliphatic rings. The minimum Gasteiger partial charge on any atom is -0.461 e. The Morgan fingerprint density at radius 2 is 1.58 bits per heavy atom. The highest BCUT2D eigenvalue weighted by atomic mass is 35.5. The van der Waals surface area contributed by atoms with Gasteiger partial charge in [-0.05, 0) is 118 Å². The van der Waals surface area contributed by atoms with E-state index in [4.69, 9.17) is 15.2 Å². The van der Waals surface area contributed by atoms with E-state index < -0.39 is 29.5 Å². The summed E-state index contributed by atoms with van der Waals surface area (Å²) in [6.07, 6.45) is 6.74. The van der Waals surface area contributed by atoms with Crippen LogP contribution < -0.4 is 5.73 Å². The standard InChI is InChI=1S/C35H59NO6.ClH/c1-19(2)25(36)28(39)41-23-11-13-35-18-34(35)15-14-31(7)27(33(9)12-10-24(42-33)30(5,6)40)21(38)17-32(31,8)22(34)16-20(37)26(35)29(23,3)4;/h19-27,37-38,40H,10-18,36H2,1-9H3;1H/t20-,21-,22?,23-,24-,25-,26-,27-,31+,32-,33+,34-,35+;/m0./s1. The van der Waals surface area contributed by atoms with Crippen LogP contribution in [0.15, 0.2) is 0 Å². The highest BCUT2D eigenvalue weighted by Gasteiger charge is 2.85. The molecule has 8 heteroatoms. The molecular formula is C35H60ClNO6. The van der Waals surface area contributed by atoms with Gasteiger partial charge in [0.15, 0.2) is 0 Å². The topological polar surface area (TPSA) is 122 Å². The van der Waals surface area contributed by atoms with E-state index in [1.54, 1.807) is 0 Å². The zero-order valence-electron chi connectivity index (χ0n) is 28.1. The number of hydrogen-bond acceptors (Lipinski definition) is 7. The number of carbonyl (C=O) groups is 1. The average Bonchev–Trinajstić information content (AvgIpc) is 3.22. The molecule has 13 atom stereocenters. The van der Waals surface area contributed by atoms with Crippen LogP contribution in [0.25, 0.3) is 0 Å². The molecule has 1 unspecified atom stereocenters. The van der Waals surface area contributed by atoms with Crippen LogP contribution in [0.5, 0.6) is 0 Å². The Balaban J connectivity index is 0.00000368. The second-order valence-electron chi connectivity index (χ2n) is 18.1. The van der Waals surface area contributed by atoms with Crippen molar-refractivity contribution in [2.24, 2.45) is 56.5 Å². The summed E-state index contributed by atoms with van der Waals surface area (Å²) in [6.45, 7) is 18.9. The lowest BCUT2D eigenvalue weighted by Gasteiger charge is -2.64. The maximum atomic E-state index is 12.9. The number of esters is 1. The fraction of sp³-hybridized carbons (Fsp3) is 0.971. The number of carbonyl (C=O) groups excluding carboxylic acids is 1. The van der Waals surface area contributed by atoms with Crippen LogP contribution in [0.3, 0.4) is 0 Å². The van der Waals surface area contributed by atoms with Crippen LogP contribution in [-0.2, 0) is 14.3 Å². The van der Waals surface area contributed by atoms with Gasteiger partial charge >= 0.3 is 5.97 Å². The van der Waals surface area contributed by atoms with Crippen molar-refractivity contribution in [2.45, 2.75) is 162 Å². The second-order valence-corrected chi connectivity index (χ2v) is 18.1. The van der Waals surface area contributed by atoms with Crippen molar-refractivity contribution in [1.82, 2.24) is 0 Å². The van der Waals surface area contributed by atoms with Gasteiger partial charge < -0.3 is 30.5 Å². The predicted octanol–water partition coefficient (Wildman–Crippen LogP) is 5.39. The maximum Gasteiger partial charge on any atom is 0.323 e. The first-order valence-corrected chi connectivity index (χ1v) is 16.9. The molecule has 0 bridgehead atoms. The van der Waals surface area contributed by atoms with E-state index in [2.05, 4.69) is 34.6 Å².